The smallest absolute Gasteiger partial charge is 0.336 e. The lowest BCUT2D eigenvalue weighted by atomic mass is 10.0. The van der Waals surface area contributed by atoms with Gasteiger partial charge in [0.1, 0.15) is 0 Å². The lowest BCUT2D eigenvalue weighted by molar-refractivity contribution is -0.113. The molecular weight excluding hydrogens is 503 g/mol. The lowest BCUT2D eigenvalue weighted by Crippen LogP contribution is -2.17. The second-order valence-electron chi connectivity index (χ2n) is 6.81. The highest BCUT2D eigenvalue weighted by molar-refractivity contribution is 8.00. The quantitative estimate of drug-likeness (QED) is 0.294. The van der Waals surface area contributed by atoms with Gasteiger partial charge in [0.15, 0.2) is 0 Å². The first kappa shape index (κ1) is 25.1. The van der Waals surface area contributed by atoms with E-state index in [9.17, 15) is 24.3 Å². The maximum Gasteiger partial charge on any atom is 0.336 e. The Morgan fingerprint density at radius 2 is 1.50 bits per heavy atom. The van der Waals surface area contributed by atoms with Crippen molar-refractivity contribution in [2.75, 3.05) is 16.4 Å². The van der Waals surface area contributed by atoms with Gasteiger partial charge in [-0.05, 0) is 60.7 Å². The maximum absolute atomic E-state index is 12.5. The number of amides is 2. The summed E-state index contributed by atoms with van der Waals surface area (Å²) >= 11 is 13.2. The molecule has 0 unspecified atom stereocenters. The van der Waals surface area contributed by atoms with Crippen LogP contribution in [0.2, 0.25) is 10.0 Å². The Bertz CT molecular complexity index is 1280. The van der Waals surface area contributed by atoms with E-state index in [-0.39, 0.29) is 22.8 Å². The van der Waals surface area contributed by atoms with E-state index in [2.05, 4.69) is 10.6 Å². The number of anilines is 2. The van der Waals surface area contributed by atoms with E-state index in [0.717, 1.165) is 23.1 Å². The van der Waals surface area contributed by atoms with Crippen molar-refractivity contribution >= 4 is 70.1 Å². The van der Waals surface area contributed by atoms with Gasteiger partial charge in [0.05, 0.1) is 33.2 Å². The molecule has 0 aliphatic heterocycles. The predicted molar refractivity (Wildman–Crippen MR) is 131 cm³/mol. The number of hydrogen-bond acceptors (Lipinski definition) is 5. The van der Waals surface area contributed by atoms with Crippen LogP contribution in [-0.2, 0) is 4.79 Å². The molecule has 0 heterocycles. The largest absolute Gasteiger partial charge is 0.478 e. The fourth-order valence-electron chi connectivity index (χ4n) is 2.81. The van der Waals surface area contributed by atoms with Crippen LogP contribution in [0.1, 0.15) is 31.1 Å². The molecule has 4 N–H and O–H groups in total. The van der Waals surface area contributed by atoms with E-state index in [1.54, 1.807) is 42.5 Å². The van der Waals surface area contributed by atoms with Gasteiger partial charge < -0.3 is 20.8 Å². The zero-order valence-electron chi connectivity index (χ0n) is 17.2. The predicted octanol–water partition coefficient (Wildman–Crippen LogP) is 5.37. The van der Waals surface area contributed by atoms with Gasteiger partial charge in [0.2, 0.25) is 5.91 Å². The number of rotatable bonds is 8. The Morgan fingerprint density at radius 1 is 0.794 bits per heavy atom. The summed E-state index contributed by atoms with van der Waals surface area (Å²) in [6, 6.07) is 14.5. The van der Waals surface area contributed by atoms with Crippen LogP contribution in [0, 0.1) is 0 Å². The van der Waals surface area contributed by atoms with Crippen molar-refractivity contribution in [3.63, 3.8) is 0 Å². The molecule has 0 radical (unpaired) electrons. The molecule has 3 aromatic carbocycles. The minimum absolute atomic E-state index is 0.104. The number of carbonyl (C=O) groups is 4. The molecule has 0 saturated carbocycles. The molecule has 2 amide bonds. The van der Waals surface area contributed by atoms with Crippen LogP contribution in [-0.4, -0.2) is 39.7 Å². The Morgan fingerprint density at radius 3 is 2.15 bits per heavy atom. The molecule has 34 heavy (non-hydrogen) atoms. The molecule has 11 heteroatoms. The molecule has 0 saturated heterocycles. The highest BCUT2D eigenvalue weighted by Gasteiger charge is 2.19. The molecule has 0 bridgehead atoms. The second-order valence-corrected chi connectivity index (χ2v) is 8.70. The van der Waals surface area contributed by atoms with Gasteiger partial charge in [-0.3, -0.25) is 9.59 Å². The van der Waals surface area contributed by atoms with Gasteiger partial charge in [-0.1, -0.05) is 23.2 Å². The van der Waals surface area contributed by atoms with E-state index < -0.39 is 23.4 Å². The molecule has 0 atom stereocenters. The van der Waals surface area contributed by atoms with Crippen LogP contribution < -0.4 is 10.6 Å². The number of carbonyl (C=O) groups excluding carboxylic acids is 2. The summed E-state index contributed by atoms with van der Waals surface area (Å²) in [5, 5.41) is 24.4. The third-order valence-corrected chi connectivity index (χ3v) is 6.00. The topological polar surface area (TPSA) is 133 Å². The van der Waals surface area contributed by atoms with Gasteiger partial charge in [-0.25, -0.2) is 9.59 Å². The summed E-state index contributed by atoms with van der Waals surface area (Å²) in [6.45, 7) is 0. The summed E-state index contributed by atoms with van der Waals surface area (Å²) < 4.78 is 0. The van der Waals surface area contributed by atoms with Crippen LogP contribution in [0.15, 0.2) is 65.6 Å². The standard InChI is InChI=1S/C23H16Cl2N2O6S/c24-13-2-8-18(25)19(10-13)27-20(28)11-34-15-5-3-14(4-6-15)26-21(29)16-7-1-12(22(30)31)9-17(16)23(32)33/h1-10H,11H2,(H,26,29)(H,27,28)(H,30,31)(H,32,33). The van der Waals surface area contributed by atoms with Gasteiger partial charge >= 0.3 is 11.9 Å². The molecule has 174 valence electrons. The van der Waals surface area contributed by atoms with Crippen LogP contribution >= 0.6 is 35.0 Å². The Kier molecular flexibility index (Phi) is 8.17. The summed E-state index contributed by atoms with van der Waals surface area (Å²) in [5.74, 6) is -3.60. The van der Waals surface area contributed by atoms with Gasteiger partial charge in [0, 0.05) is 15.6 Å². The minimum Gasteiger partial charge on any atom is -0.478 e. The summed E-state index contributed by atoms with van der Waals surface area (Å²) in [4.78, 5) is 48.0. The molecule has 0 aliphatic carbocycles. The van der Waals surface area contributed by atoms with Crippen molar-refractivity contribution in [1.82, 2.24) is 0 Å². The molecule has 3 aromatic rings. The fraction of sp³-hybridized carbons (Fsp3) is 0.0435. The molecule has 0 spiro atoms. The van der Waals surface area contributed by atoms with Crippen LogP contribution in [0.3, 0.4) is 0 Å². The number of benzene rings is 3. The van der Waals surface area contributed by atoms with Crippen molar-refractivity contribution in [3.05, 3.63) is 87.4 Å². The van der Waals surface area contributed by atoms with Crippen molar-refractivity contribution in [2.45, 2.75) is 4.90 Å². The van der Waals surface area contributed by atoms with Crippen LogP contribution in [0.4, 0.5) is 11.4 Å². The normalized spacial score (nSPS) is 10.4. The number of halogens is 2. The number of carboxylic acids is 2. The van der Waals surface area contributed by atoms with E-state index in [0.29, 0.717) is 21.4 Å². The molecular formula is C23H16Cl2N2O6S. The molecule has 0 aliphatic rings. The van der Waals surface area contributed by atoms with Crippen molar-refractivity contribution in [2.24, 2.45) is 0 Å². The Balaban J connectivity index is 1.61. The van der Waals surface area contributed by atoms with Gasteiger partial charge in [-0.15, -0.1) is 11.8 Å². The number of carboxylic acid groups (broad SMARTS) is 2. The Hall–Kier alpha value is -3.53. The Labute approximate surface area is 207 Å². The molecule has 0 fully saturated rings. The van der Waals surface area contributed by atoms with Gasteiger partial charge in [0.25, 0.3) is 5.91 Å². The fourth-order valence-corrected chi connectivity index (χ4v) is 3.85. The third kappa shape index (κ3) is 6.50. The number of nitrogens with one attached hydrogen (secondary N) is 2. The van der Waals surface area contributed by atoms with Crippen molar-refractivity contribution in [3.8, 4) is 0 Å². The van der Waals surface area contributed by atoms with E-state index in [4.69, 9.17) is 28.3 Å². The highest BCUT2D eigenvalue weighted by Crippen LogP contribution is 2.26. The maximum atomic E-state index is 12.5. The van der Waals surface area contributed by atoms with E-state index in [1.165, 1.54) is 11.8 Å². The van der Waals surface area contributed by atoms with E-state index in [1.807, 2.05) is 0 Å². The average molecular weight is 519 g/mol. The average Bonchev–Trinajstić information content (AvgIpc) is 2.80. The zero-order chi connectivity index (χ0) is 24.8. The SMILES string of the molecule is O=C(CSc1ccc(NC(=O)c2ccc(C(=O)O)cc2C(=O)O)cc1)Nc1cc(Cl)ccc1Cl. The minimum atomic E-state index is -1.42. The van der Waals surface area contributed by atoms with Gasteiger partial charge in [-0.2, -0.15) is 0 Å². The summed E-state index contributed by atoms with van der Waals surface area (Å²) in [7, 11) is 0. The first-order valence-corrected chi connectivity index (χ1v) is 11.3. The molecule has 0 aromatic heterocycles. The first-order chi connectivity index (χ1) is 16.1. The number of hydrogen-bond donors (Lipinski definition) is 4. The summed E-state index contributed by atoms with van der Waals surface area (Å²) in [6.07, 6.45) is 0. The highest BCUT2D eigenvalue weighted by atomic mass is 35.5. The second kappa shape index (κ2) is 11.1. The number of aromatic carboxylic acids is 2. The molecule has 8 nitrogen and oxygen atoms in total. The van der Waals surface area contributed by atoms with Crippen LogP contribution in [0.5, 0.6) is 0 Å². The summed E-state index contributed by atoms with van der Waals surface area (Å²) in [5.41, 5.74) is -0.0298. The first-order valence-electron chi connectivity index (χ1n) is 9.54. The van der Waals surface area contributed by atoms with Crippen molar-refractivity contribution in [1.29, 1.82) is 0 Å². The molecule has 3 rings (SSSR count). The third-order valence-electron chi connectivity index (χ3n) is 4.43. The van der Waals surface area contributed by atoms with Crippen LogP contribution in [0.25, 0.3) is 0 Å². The number of thioether (sulfide) groups is 1. The monoisotopic (exact) mass is 518 g/mol. The van der Waals surface area contributed by atoms with Crippen molar-refractivity contribution < 1.29 is 29.4 Å². The van der Waals surface area contributed by atoms with E-state index >= 15 is 0 Å². The zero-order valence-corrected chi connectivity index (χ0v) is 19.5. The lowest BCUT2D eigenvalue weighted by Gasteiger charge is -2.10.